The Morgan fingerprint density at radius 1 is 0.509 bits per heavy atom. The van der Waals surface area contributed by atoms with Crippen LogP contribution in [0.1, 0.15) is 43.0 Å². The maximum absolute atomic E-state index is 6.10. The minimum Gasteiger partial charge on any atom is -0.310 e. The van der Waals surface area contributed by atoms with Crippen molar-refractivity contribution in [1.82, 2.24) is 0 Å². The van der Waals surface area contributed by atoms with E-state index < -0.39 is 0 Å². The van der Waals surface area contributed by atoms with E-state index >= 15 is 0 Å². The van der Waals surface area contributed by atoms with Gasteiger partial charge in [-0.15, -0.1) is 6.42 Å². The lowest BCUT2D eigenvalue weighted by Gasteiger charge is -2.32. The van der Waals surface area contributed by atoms with Gasteiger partial charge in [-0.05, 0) is 115 Å². The molecule has 0 saturated heterocycles. The van der Waals surface area contributed by atoms with Gasteiger partial charge in [0, 0.05) is 22.4 Å². The van der Waals surface area contributed by atoms with Gasteiger partial charge in [-0.3, -0.25) is 0 Å². The van der Waals surface area contributed by atoms with Crippen LogP contribution < -0.4 is 4.90 Å². The van der Waals surface area contributed by atoms with E-state index in [1.165, 1.54) is 55.6 Å². The van der Waals surface area contributed by atoms with E-state index in [-0.39, 0.29) is 5.41 Å². The van der Waals surface area contributed by atoms with Gasteiger partial charge in [0.15, 0.2) is 0 Å². The van der Waals surface area contributed by atoms with Crippen LogP contribution in [0.2, 0.25) is 0 Å². The topological polar surface area (TPSA) is 3.24 Å². The minimum absolute atomic E-state index is 0.186. The summed E-state index contributed by atoms with van der Waals surface area (Å²) in [5.74, 6) is 2.96. The van der Waals surface area contributed by atoms with Crippen molar-refractivity contribution in [2.45, 2.75) is 26.2 Å². The summed E-state index contributed by atoms with van der Waals surface area (Å²) in [6.07, 6.45) is 10.3. The molecule has 0 fully saturated rings. The average Bonchev–Trinajstić information content (AvgIpc) is 3.48. The van der Waals surface area contributed by atoms with Crippen LogP contribution in [0.5, 0.6) is 0 Å². The van der Waals surface area contributed by atoms with Gasteiger partial charge < -0.3 is 4.90 Å². The first-order valence-corrected chi connectivity index (χ1v) is 19.0. The largest absolute Gasteiger partial charge is 0.310 e. The third kappa shape index (κ3) is 5.75. The molecule has 0 spiro atoms. The first-order chi connectivity index (χ1) is 27.0. The number of nitrogens with zero attached hydrogens (tertiary/aromatic N) is 1. The Morgan fingerprint density at radius 2 is 1.04 bits per heavy atom. The second kappa shape index (κ2) is 13.8. The van der Waals surface area contributed by atoms with E-state index in [0.29, 0.717) is 0 Å². The van der Waals surface area contributed by atoms with Crippen molar-refractivity contribution in [2.24, 2.45) is 0 Å². The molecule has 0 bridgehead atoms. The Labute approximate surface area is 324 Å². The summed E-state index contributed by atoms with van der Waals surface area (Å²) in [4.78, 5) is 2.43. The SMILES string of the molecule is C#Cc1cc(-c2ccc(N(c3ccc(-c4ccccc4-c4ccccc4)cc3)c3cccc4c3C(C)(C)c3ccccc3-4)cc2)c2ccccc2c1/C=C\C. The molecule has 0 N–H and O–H groups in total. The van der Waals surface area contributed by atoms with Gasteiger partial charge in [-0.2, -0.15) is 0 Å². The van der Waals surface area contributed by atoms with E-state index in [1.807, 2.05) is 6.92 Å². The van der Waals surface area contributed by atoms with Crippen molar-refractivity contribution in [3.8, 4) is 56.9 Å². The molecule has 9 rings (SSSR count). The summed E-state index contributed by atoms with van der Waals surface area (Å²) in [5.41, 5.74) is 17.6. The summed E-state index contributed by atoms with van der Waals surface area (Å²) in [5, 5.41) is 2.35. The molecular weight excluding hydrogens is 663 g/mol. The Morgan fingerprint density at radius 3 is 1.67 bits per heavy atom. The molecule has 0 amide bonds. The van der Waals surface area contributed by atoms with Gasteiger partial charge in [-0.25, -0.2) is 0 Å². The Hall–Kier alpha value is -6.88. The molecule has 0 atom stereocenters. The summed E-state index contributed by atoms with van der Waals surface area (Å²) in [7, 11) is 0. The summed E-state index contributed by atoms with van der Waals surface area (Å²) in [6.45, 7) is 6.75. The Kier molecular flexibility index (Phi) is 8.53. The second-order valence-corrected chi connectivity index (χ2v) is 14.8. The van der Waals surface area contributed by atoms with Gasteiger partial charge in [0.25, 0.3) is 0 Å². The monoisotopic (exact) mass is 703 g/mol. The number of terminal acetylenes is 1. The van der Waals surface area contributed by atoms with Crippen molar-refractivity contribution in [1.29, 1.82) is 0 Å². The van der Waals surface area contributed by atoms with Crippen LogP contribution >= 0.6 is 0 Å². The van der Waals surface area contributed by atoms with Crippen molar-refractivity contribution in [3.63, 3.8) is 0 Å². The number of benzene rings is 8. The smallest absolute Gasteiger partial charge is 0.0508 e. The second-order valence-electron chi connectivity index (χ2n) is 14.8. The van der Waals surface area contributed by atoms with Gasteiger partial charge >= 0.3 is 0 Å². The molecule has 55 heavy (non-hydrogen) atoms. The fourth-order valence-corrected chi connectivity index (χ4v) is 8.72. The highest BCUT2D eigenvalue weighted by molar-refractivity contribution is 6.03. The fourth-order valence-electron chi connectivity index (χ4n) is 8.72. The molecule has 1 nitrogen and oxygen atoms in total. The highest BCUT2D eigenvalue weighted by atomic mass is 15.1. The molecule has 0 unspecified atom stereocenters. The highest BCUT2D eigenvalue weighted by Gasteiger charge is 2.38. The number of fused-ring (bicyclic) bond motifs is 4. The van der Waals surface area contributed by atoms with E-state index in [0.717, 1.165) is 39.0 Å². The molecule has 1 aliphatic rings. The Bertz CT molecular complexity index is 2780. The van der Waals surface area contributed by atoms with Gasteiger partial charge in [0.1, 0.15) is 0 Å². The van der Waals surface area contributed by atoms with Crippen molar-refractivity contribution >= 4 is 33.9 Å². The van der Waals surface area contributed by atoms with Crippen molar-refractivity contribution in [2.75, 3.05) is 4.90 Å². The molecule has 0 saturated carbocycles. The van der Waals surface area contributed by atoms with Crippen LogP contribution in [-0.4, -0.2) is 0 Å². The van der Waals surface area contributed by atoms with Crippen LogP contribution in [0, 0.1) is 12.3 Å². The Balaban J connectivity index is 1.20. The van der Waals surface area contributed by atoms with E-state index in [1.54, 1.807) is 0 Å². The third-order valence-electron chi connectivity index (χ3n) is 11.3. The van der Waals surface area contributed by atoms with E-state index in [4.69, 9.17) is 6.42 Å². The normalized spacial score (nSPS) is 12.7. The summed E-state index contributed by atoms with van der Waals surface area (Å²) in [6, 6.07) is 63.7. The molecule has 1 aliphatic carbocycles. The lowest BCUT2D eigenvalue weighted by molar-refractivity contribution is 0.661. The molecule has 1 heteroatoms. The molecule has 0 aromatic heterocycles. The van der Waals surface area contributed by atoms with Gasteiger partial charge in [0.2, 0.25) is 0 Å². The molecule has 0 radical (unpaired) electrons. The highest BCUT2D eigenvalue weighted by Crippen LogP contribution is 2.54. The van der Waals surface area contributed by atoms with Crippen molar-refractivity contribution in [3.05, 3.63) is 204 Å². The standard InChI is InChI=1S/C54H41N/c1-5-17-43-37(6-2)36-50(47-23-13-12-22-46(43)47)40-30-34-42(35-31-40)55(52-27-16-25-49-48-24-14-15-26-51(48)54(3,4)53(49)52)41-32-28-39(29-33-41)45-21-11-10-20-44(45)38-18-8-7-9-19-38/h2,5,7-36H,1,3-4H3/b17-5-. The predicted octanol–water partition coefficient (Wildman–Crippen LogP) is 14.6. The van der Waals surface area contributed by atoms with Crippen LogP contribution in [0.3, 0.4) is 0 Å². The van der Waals surface area contributed by atoms with Gasteiger partial charge in [0.05, 0.1) is 5.69 Å². The number of hydrogen-bond donors (Lipinski definition) is 0. The minimum atomic E-state index is -0.186. The van der Waals surface area contributed by atoms with Crippen LogP contribution in [0.25, 0.3) is 61.4 Å². The lowest BCUT2D eigenvalue weighted by atomic mass is 9.81. The first kappa shape index (κ1) is 33.9. The quantitative estimate of drug-likeness (QED) is 0.149. The average molecular weight is 704 g/mol. The van der Waals surface area contributed by atoms with E-state index in [9.17, 15) is 0 Å². The van der Waals surface area contributed by atoms with E-state index in [2.05, 4.69) is 213 Å². The van der Waals surface area contributed by atoms with Crippen molar-refractivity contribution < 1.29 is 0 Å². The lowest BCUT2D eigenvalue weighted by Crippen LogP contribution is -2.20. The number of rotatable bonds is 7. The summed E-state index contributed by atoms with van der Waals surface area (Å²) >= 11 is 0. The molecule has 8 aromatic rings. The van der Waals surface area contributed by atoms with Gasteiger partial charge in [-0.1, -0.05) is 171 Å². The zero-order valence-corrected chi connectivity index (χ0v) is 31.4. The van der Waals surface area contributed by atoms with Crippen LogP contribution in [0.15, 0.2) is 182 Å². The number of allylic oxidation sites excluding steroid dienone is 1. The van der Waals surface area contributed by atoms with Crippen LogP contribution in [0.4, 0.5) is 17.1 Å². The first-order valence-electron chi connectivity index (χ1n) is 19.0. The number of hydrogen-bond acceptors (Lipinski definition) is 1. The molecule has 262 valence electrons. The molecular formula is C54H41N. The maximum Gasteiger partial charge on any atom is 0.0508 e. The maximum atomic E-state index is 6.10. The molecule has 0 aliphatic heterocycles. The third-order valence-corrected chi connectivity index (χ3v) is 11.3. The zero-order chi connectivity index (χ0) is 37.5. The molecule has 8 aromatic carbocycles. The molecule has 0 heterocycles. The number of anilines is 3. The van der Waals surface area contributed by atoms with Crippen LogP contribution in [-0.2, 0) is 5.41 Å². The summed E-state index contributed by atoms with van der Waals surface area (Å²) < 4.78 is 0. The predicted molar refractivity (Wildman–Crippen MR) is 235 cm³/mol. The fraction of sp³-hybridized carbons (Fsp3) is 0.0741. The zero-order valence-electron chi connectivity index (χ0n) is 31.4.